The maximum Gasteiger partial charge on any atom is 0.352 e. The van der Waals surface area contributed by atoms with Crippen molar-refractivity contribution in [1.82, 2.24) is 0 Å². The fraction of sp³-hybridized carbons (Fsp3) is 0.0588. The molecule has 21 heavy (non-hydrogen) atoms. The van der Waals surface area contributed by atoms with Gasteiger partial charge in [-0.3, -0.25) is 4.79 Å². The first-order chi connectivity index (χ1) is 10.1. The van der Waals surface area contributed by atoms with Crippen LogP contribution in [0.4, 0.5) is 5.69 Å². The Labute approximate surface area is 122 Å². The molecule has 4 nitrogen and oxygen atoms in total. The summed E-state index contributed by atoms with van der Waals surface area (Å²) < 4.78 is 0. The molecule has 0 atom stereocenters. The lowest BCUT2D eigenvalue weighted by atomic mass is 10.1. The Morgan fingerprint density at radius 3 is 2.19 bits per heavy atom. The van der Waals surface area contributed by atoms with Crippen molar-refractivity contribution < 1.29 is 14.7 Å². The van der Waals surface area contributed by atoms with Crippen LogP contribution >= 0.6 is 0 Å². The molecule has 0 bridgehead atoms. The summed E-state index contributed by atoms with van der Waals surface area (Å²) in [6.07, 6.45) is 1.10. The summed E-state index contributed by atoms with van der Waals surface area (Å²) in [7, 11) is 0. The van der Waals surface area contributed by atoms with Crippen molar-refractivity contribution >= 4 is 17.4 Å². The average Bonchev–Trinajstić information content (AvgIpc) is 2.48. The maximum atomic E-state index is 12.1. The van der Waals surface area contributed by atoms with Gasteiger partial charge in [0.25, 0.3) is 0 Å². The molecular weight excluding hydrogens is 266 g/mol. The lowest BCUT2D eigenvalue weighted by Crippen LogP contribution is -2.12. The molecule has 4 heteroatoms. The highest BCUT2D eigenvalue weighted by Gasteiger charge is 2.11. The molecule has 0 amide bonds. The lowest BCUT2D eigenvalue weighted by molar-refractivity contribution is -0.132. The van der Waals surface area contributed by atoms with Crippen LogP contribution in [0.2, 0.25) is 0 Å². The Kier molecular flexibility index (Phi) is 4.51. The Hall–Kier alpha value is -2.88. The van der Waals surface area contributed by atoms with Gasteiger partial charge in [-0.25, -0.2) is 4.79 Å². The molecule has 0 radical (unpaired) electrons. The standard InChI is InChI=1S/C17H15NO3/c1-12-7-9-13(10-8-12)16(19)11-15(17(20)21)18-14-5-3-2-4-6-14/h2-11,18H,1H3,(H,20,21)/b15-11-. The summed E-state index contributed by atoms with van der Waals surface area (Å²) in [4.78, 5) is 23.3. The zero-order chi connectivity index (χ0) is 15.2. The van der Waals surface area contributed by atoms with Crippen molar-refractivity contribution in [1.29, 1.82) is 0 Å². The van der Waals surface area contributed by atoms with E-state index in [0.717, 1.165) is 11.6 Å². The van der Waals surface area contributed by atoms with E-state index in [1.165, 1.54) is 0 Å². The molecule has 0 unspecified atom stereocenters. The van der Waals surface area contributed by atoms with E-state index in [9.17, 15) is 14.7 Å². The number of anilines is 1. The number of aryl methyl sites for hydroxylation is 1. The average molecular weight is 281 g/mol. The second kappa shape index (κ2) is 6.52. The van der Waals surface area contributed by atoms with E-state index < -0.39 is 5.97 Å². The van der Waals surface area contributed by atoms with Crippen LogP contribution in [0.3, 0.4) is 0 Å². The van der Waals surface area contributed by atoms with Crippen LogP contribution < -0.4 is 5.32 Å². The van der Waals surface area contributed by atoms with Gasteiger partial charge in [0.2, 0.25) is 0 Å². The van der Waals surface area contributed by atoms with Crippen molar-refractivity contribution in [2.45, 2.75) is 6.92 Å². The molecule has 0 saturated heterocycles. The largest absolute Gasteiger partial charge is 0.477 e. The number of para-hydroxylation sites is 1. The number of aliphatic carboxylic acids is 1. The van der Waals surface area contributed by atoms with Gasteiger partial charge < -0.3 is 10.4 Å². The number of hydrogen-bond acceptors (Lipinski definition) is 3. The fourth-order valence-corrected chi connectivity index (χ4v) is 1.76. The quantitative estimate of drug-likeness (QED) is 0.652. The van der Waals surface area contributed by atoms with Crippen molar-refractivity contribution in [3.63, 3.8) is 0 Å². The van der Waals surface area contributed by atoms with Crippen LogP contribution in [0, 0.1) is 6.92 Å². The van der Waals surface area contributed by atoms with Gasteiger partial charge in [-0.15, -0.1) is 0 Å². The van der Waals surface area contributed by atoms with Gasteiger partial charge in [-0.05, 0) is 19.1 Å². The van der Waals surface area contributed by atoms with Crippen LogP contribution in [-0.4, -0.2) is 16.9 Å². The van der Waals surface area contributed by atoms with Crippen LogP contribution in [0.1, 0.15) is 15.9 Å². The monoisotopic (exact) mass is 281 g/mol. The van der Waals surface area contributed by atoms with Gasteiger partial charge in [0.15, 0.2) is 5.78 Å². The summed E-state index contributed by atoms with van der Waals surface area (Å²) in [5, 5.41) is 11.9. The third-order valence-electron chi connectivity index (χ3n) is 2.89. The molecule has 0 aromatic heterocycles. The summed E-state index contributed by atoms with van der Waals surface area (Å²) in [6.45, 7) is 1.92. The fourth-order valence-electron chi connectivity index (χ4n) is 1.76. The predicted octanol–water partition coefficient (Wildman–Crippen LogP) is 3.26. The Bertz CT molecular complexity index is 673. The summed E-state index contributed by atoms with van der Waals surface area (Å²) >= 11 is 0. The molecular formula is C17H15NO3. The zero-order valence-electron chi connectivity index (χ0n) is 11.5. The topological polar surface area (TPSA) is 66.4 Å². The Morgan fingerprint density at radius 2 is 1.62 bits per heavy atom. The van der Waals surface area contributed by atoms with Gasteiger partial charge >= 0.3 is 5.97 Å². The SMILES string of the molecule is Cc1ccc(C(=O)/C=C(\Nc2ccccc2)C(=O)O)cc1. The Balaban J connectivity index is 2.23. The van der Waals surface area contributed by atoms with E-state index in [0.29, 0.717) is 11.3 Å². The molecule has 0 aliphatic carbocycles. The van der Waals surface area contributed by atoms with Crippen LogP contribution in [0.25, 0.3) is 0 Å². The highest BCUT2D eigenvalue weighted by molar-refractivity contribution is 6.09. The molecule has 2 aromatic rings. The van der Waals surface area contributed by atoms with E-state index in [-0.39, 0.29) is 11.5 Å². The smallest absolute Gasteiger partial charge is 0.352 e. The van der Waals surface area contributed by atoms with Gasteiger partial charge in [-0.2, -0.15) is 0 Å². The molecule has 0 fully saturated rings. The highest BCUT2D eigenvalue weighted by Crippen LogP contribution is 2.11. The third-order valence-corrected chi connectivity index (χ3v) is 2.89. The number of carbonyl (C=O) groups is 2. The van der Waals surface area contributed by atoms with Crippen molar-refractivity contribution in [3.05, 3.63) is 77.5 Å². The number of allylic oxidation sites excluding steroid dienone is 1. The number of nitrogens with one attached hydrogen (secondary N) is 1. The van der Waals surface area contributed by atoms with Crippen LogP contribution in [-0.2, 0) is 4.79 Å². The zero-order valence-corrected chi connectivity index (χ0v) is 11.5. The lowest BCUT2D eigenvalue weighted by Gasteiger charge is -2.06. The van der Waals surface area contributed by atoms with Gasteiger partial charge in [0.05, 0.1) is 0 Å². The normalized spacial score (nSPS) is 11.0. The predicted molar refractivity (Wildman–Crippen MR) is 81.3 cm³/mol. The minimum Gasteiger partial charge on any atom is -0.477 e. The molecule has 2 aromatic carbocycles. The molecule has 0 saturated carbocycles. The second-order valence-corrected chi connectivity index (χ2v) is 4.58. The number of carboxylic acid groups (broad SMARTS) is 1. The number of carbonyl (C=O) groups excluding carboxylic acids is 1. The van der Waals surface area contributed by atoms with Crippen LogP contribution in [0.5, 0.6) is 0 Å². The first kappa shape index (κ1) is 14.5. The summed E-state index contributed by atoms with van der Waals surface area (Å²) in [5.74, 6) is -1.53. The number of ketones is 1. The third kappa shape index (κ3) is 4.04. The van der Waals surface area contributed by atoms with Crippen LogP contribution in [0.15, 0.2) is 66.4 Å². The number of hydrogen-bond donors (Lipinski definition) is 2. The van der Waals surface area contributed by atoms with Gasteiger partial charge in [0.1, 0.15) is 5.70 Å². The second-order valence-electron chi connectivity index (χ2n) is 4.58. The van der Waals surface area contributed by atoms with E-state index in [1.807, 2.05) is 25.1 Å². The highest BCUT2D eigenvalue weighted by atomic mass is 16.4. The van der Waals surface area contributed by atoms with Crippen molar-refractivity contribution in [2.75, 3.05) is 5.32 Å². The minimum absolute atomic E-state index is 0.160. The van der Waals surface area contributed by atoms with E-state index in [2.05, 4.69) is 5.32 Å². The van der Waals surface area contributed by atoms with E-state index >= 15 is 0 Å². The molecule has 0 aliphatic heterocycles. The number of carboxylic acids is 1. The summed E-state index contributed by atoms with van der Waals surface area (Å²) in [5.41, 5.74) is 1.94. The van der Waals surface area contributed by atoms with E-state index in [1.54, 1.807) is 36.4 Å². The first-order valence-electron chi connectivity index (χ1n) is 6.44. The molecule has 0 heterocycles. The van der Waals surface area contributed by atoms with Gasteiger partial charge in [-0.1, -0.05) is 48.0 Å². The molecule has 0 spiro atoms. The molecule has 2 N–H and O–H groups in total. The maximum absolute atomic E-state index is 12.1. The Morgan fingerprint density at radius 1 is 1.00 bits per heavy atom. The molecule has 106 valence electrons. The first-order valence-corrected chi connectivity index (χ1v) is 6.44. The minimum atomic E-state index is -1.18. The van der Waals surface area contributed by atoms with E-state index in [4.69, 9.17) is 0 Å². The molecule has 0 aliphatic rings. The molecule has 2 rings (SSSR count). The van der Waals surface area contributed by atoms with Gasteiger partial charge in [0, 0.05) is 17.3 Å². The van der Waals surface area contributed by atoms with Crippen molar-refractivity contribution in [2.24, 2.45) is 0 Å². The van der Waals surface area contributed by atoms with Crippen molar-refractivity contribution in [3.8, 4) is 0 Å². The number of rotatable bonds is 5. The number of benzene rings is 2. The summed E-state index contributed by atoms with van der Waals surface area (Å²) in [6, 6.07) is 15.8.